The van der Waals surface area contributed by atoms with Crippen molar-refractivity contribution in [3.8, 4) is 0 Å². The number of rotatable bonds is 3. The van der Waals surface area contributed by atoms with Crippen LogP contribution in [-0.4, -0.2) is 29.9 Å². The first kappa shape index (κ1) is 11.6. The molecule has 0 aliphatic carbocycles. The third-order valence-electron chi connectivity index (χ3n) is 0.908. The predicted octanol–water partition coefficient (Wildman–Crippen LogP) is 0.762. The lowest BCUT2D eigenvalue weighted by Gasteiger charge is -2.14. The summed E-state index contributed by atoms with van der Waals surface area (Å²) in [5, 5.41) is 12.2. The zero-order valence-corrected chi connectivity index (χ0v) is 9.00. The largest absolute Gasteiger partial charge is 0.613 e. The van der Waals surface area contributed by atoms with E-state index in [1.807, 2.05) is 14.1 Å². The molecule has 0 spiro atoms. The Bertz CT molecular complexity index is 180. The van der Waals surface area contributed by atoms with Crippen LogP contribution in [0.4, 0.5) is 0 Å². The quantitative estimate of drug-likeness (QED) is 0.503. The van der Waals surface area contributed by atoms with Crippen molar-refractivity contribution in [2.24, 2.45) is 0 Å². The molecule has 5 heteroatoms. The van der Waals surface area contributed by atoms with Crippen molar-refractivity contribution in [1.82, 2.24) is 4.90 Å². The Morgan fingerprint density at radius 2 is 2.25 bits per heavy atom. The summed E-state index contributed by atoms with van der Waals surface area (Å²) < 4.78 is 5.32. The molecule has 0 unspecified atom stereocenters. The Morgan fingerprint density at radius 3 is 2.67 bits per heavy atom. The second-order valence-corrected chi connectivity index (χ2v) is 3.65. The van der Waals surface area contributed by atoms with Crippen molar-refractivity contribution in [3.63, 3.8) is 0 Å². The predicted molar refractivity (Wildman–Crippen MR) is 53.6 cm³/mol. The first-order chi connectivity index (χ1) is 5.57. The summed E-state index contributed by atoms with van der Waals surface area (Å²) in [6, 6.07) is 0. The molecule has 0 aliphatic rings. The van der Waals surface area contributed by atoms with Gasteiger partial charge in [0.2, 0.25) is 0 Å². The van der Waals surface area contributed by atoms with Gasteiger partial charge in [-0.2, -0.15) is 0 Å². The van der Waals surface area contributed by atoms with E-state index in [2.05, 4.69) is 4.74 Å². The highest BCUT2D eigenvalue weighted by atomic mass is 32.2. The molecule has 12 heavy (non-hydrogen) atoms. The Balaban J connectivity index is 3.79. The third kappa shape index (κ3) is 5.26. The van der Waals surface area contributed by atoms with Crippen molar-refractivity contribution in [3.05, 3.63) is 11.4 Å². The lowest BCUT2D eigenvalue weighted by molar-refractivity contribution is -0.355. The fraction of sp³-hybridized carbons (Fsp3) is 0.571. The maximum atomic E-state index is 10.8. The van der Waals surface area contributed by atoms with Gasteiger partial charge in [-0.05, 0) is 12.0 Å². The van der Waals surface area contributed by atoms with Crippen LogP contribution in [0, 0.1) is 0 Å². The van der Waals surface area contributed by atoms with Gasteiger partial charge in [-0.3, -0.25) is 0 Å². The van der Waals surface area contributed by atoms with Gasteiger partial charge in [0, 0.05) is 14.1 Å². The molecular formula is C7H12NO2S2-. The van der Waals surface area contributed by atoms with E-state index in [4.69, 9.17) is 12.2 Å². The van der Waals surface area contributed by atoms with Gasteiger partial charge in [-0.15, -0.1) is 0 Å². The Morgan fingerprint density at radius 1 is 1.67 bits per heavy atom. The van der Waals surface area contributed by atoms with Gasteiger partial charge in [0.25, 0.3) is 0 Å². The van der Waals surface area contributed by atoms with Gasteiger partial charge in [0.15, 0.2) is 0 Å². The van der Waals surface area contributed by atoms with Crippen molar-refractivity contribution in [1.29, 1.82) is 0 Å². The molecular weight excluding hydrogens is 194 g/mol. The molecule has 0 atom stereocenters. The fourth-order valence-corrected chi connectivity index (χ4v) is 1.00. The highest BCUT2D eigenvalue weighted by molar-refractivity contribution is 8.24. The molecule has 0 N–H and O–H groups in total. The first-order valence-electron chi connectivity index (χ1n) is 3.45. The van der Waals surface area contributed by atoms with Gasteiger partial charge in [0.1, 0.15) is 4.32 Å². The SMILES string of the molecule is CCO/C([O-])=C/SC(=S)N(C)C. The van der Waals surface area contributed by atoms with Crippen LogP contribution < -0.4 is 5.11 Å². The molecule has 0 fully saturated rings. The van der Waals surface area contributed by atoms with E-state index in [0.29, 0.717) is 10.9 Å². The standard InChI is InChI=1S/C7H13NO2S2/c1-4-10-6(9)5-12-7(11)8(2)3/h5,9H,4H2,1-3H3/p-1/b6-5+. The lowest BCUT2D eigenvalue weighted by atomic mass is 10.8. The number of hydrogen-bond acceptors (Lipinski definition) is 4. The summed E-state index contributed by atoms with van der Waals surface area (Å²) in [6.07, 6.45) is 0. The molecule has 0 aromatic heterocycles. The molecule has 0 radical (unpaired) electrons. The number of thioether (sulfide) groups is 1. The van der Waals surface area contributed by atoms with E-state index in [-0.39, 0.29) is 5.95 Å². The van der Waals surface area contributed by atoms with Crippen LogP contribution in [0.5, 0.6) is 0 Å². The molecule has 3 nitrogen and oxygen atoms in total. The average molecular weight is 206 g/mol. The fourth-order valence-electron chi connectivity index (χ4n) is 0.380. The van der Waals surface area contributed by atoms with E-state index >= 15 is 0 Å². The average Bonchev–Trinajstić information content (AvgIpc) is 2.00. The normalized spacial score (nSPS) is 11.1. The van der Waals surface area contributed by atoms with E-state index in [1.165, 1.54) is 17.2 Å². The maximum Gasteiger partial charge on any atom is 0.140 e. The number of ether oxygens (including phenoxy) is 1. The van der Waals surface area contributed by atoms with Crippen LogP contribution in [0.15, 0.2) is 11.4 Å². The van der Waals surface area contributed by atoms with Gasteiger partial charge in [-0.1, -0.05) is 30.9 Å². The van der Waals surface area contributed by atoms with Gasteiger partial charge >= 0.3 is 0 Å². The van der Waals surface area contributed by atoms with Crippen LogP contribution in [0.1, 0.15) is 6.92 Å². The molecule has 0 saturated carbocycles. The third-order valence-corrected chi connectivity index (χ3v) is 2.44. The second kappa shape index (κ2) is 6.14. The van der Waals surface area contributed by atoms with Crippen molar-refractivity contribution < 1.29 is 9.84 Å². The molecule has 0 aliphatic heterocycles. The summed E-state index contributed by atoms with van der Waals surface area (Å²) in [6.45, 7) is 2.16. The minimum atomic E-state index is -0.341. The van der Waals surface area contributed by atoms with E-state index in [9.17, 15) is 5.11 Å². The molecule has 0 heterocycles. The van der Waals surface area contributed by atoms with Gasteiger partial charge in [-0.25, -0.2) is 0 Å². The van der Waals surface area contributed by atoms with Crippen molar-refractivity contribution >= 4 is 28.3 Å². The Hall–Kier alpha value is -0.420. The monoisotopic (exact) mass is 206 g/mol. The maximum absolute atomic E-state index is 10.8. The summed E-state index contributed by atoms with van der Waals surface area (Å²) in [4.78, 5) is 1.76. The number of thiocarbonyl (C=S) groups is 1. The van der Waals surface area contributed by atoms with Crippen LogP contribution >= 0.6 is 24.0 Å². The lowest BCUT2D eigenvalue weighted by Crippen LogP contribution is -2.16. The zero-order valence-electron chi connectivity index (χ0n) is 7.36. The Labute approximate surface area is 82.4 Å². The number of nitrogens with zero attached hydrogens (tertiary/aromatic N) is 1. The smallest absolute Gasteiger partial charge is 0.140 e. The van der Waals surface area contributed by atoms with Crippen LogP contribution in [0.3, 0.4) is 0 Å². The molecule has 0 saturated heterocycles. The van der Waals surface area contributed by atoms with Crippen LogP contribution in [-0.2, 0) is 4.74 Å². The topological polar surface area (TPSA) is 35.5 Å². The van der Waals surface area contributed by atoms with Crippen molar-refractivity contribution in [2.75, 3.05) is 20.7 Å². The summed E-state index contributed by atoms with van der Waals surface area (Å²) >= 11 is 6.12. The highest BCUT2D eigenvalue weighted by Gasteiger charge is 1.95. The summed E-state index contributed by atoms with van der Waals surface area (Å²) in [5.74, 6) is -0.341. The molecule has 0 rings (SSSR count). The van der Waals surface area contributed by atoms with E-state index in [1.54, 1.807) is 11.8 Å². The molecule has 0 aromatic rings. The molecule has 0 amide bonds. The molecule has 70 valence electrons. The summed E-state index contributed by atoms with van der Waals surface area (Å²) in [5.41, 5.74) is 0. The second-order valence-electron chi connectivity index (χ2n) is 2.15. The van der Waals surface area contributed by atoms with Crippen molar-refractivity contribution in [2.45, 2.75) is 6.92 Å². The molecule has 0 aromatic carbocycles. The zero-order chi connectivity index (χ0) is 9.56. The van der Waals surface area contributed by atoms with Crippen LogP contribution in [0.25, 0.3) is 0 Å². The Kier molecular flexibility index (Phi) is 5.92. The summed E-state index contributed by atoms with van der Waals surface area (Å²) in [7, 11) is 3.66. The first-order valence-corrected chi connectivity index (χ1v) is 4.74. The van der Waals surface area contributed by atoms with E-state index < -0.39 is 0 Å². The van der Waals surface area contributed by atoms with E-state index in [0.717, 1.165) is 0 Å². The minimum absolute atomic E-state index is 0.341. The number of hydrogen-bond donors (Lipinski definition) is 0. The van der Waals surface area contributed by atoms with Gasteiger partial charge in [0.05, 0.1) is 5.95 Å². The van der Waals surface area contributed by atoms with Crippen LogP contribution in [0.2, 0.25) is 0 Å². The minimum Gasteiger partial charge on any atom is -0.613 e. The highest BCUT2D eigenvalue weighted by Crippen LogP contribution is 2.09. The molecule has 0 bridgehead atoms. The van der Waals surface area contributed by atoms with Gasteiger partial charge < -0.3 is 14.7 Å².